The predicted molar refractivity (Wildman–Crippen MR) is 110 cm³/mol. The molecule has 0 spiro atoms. The van der Waals surface area contributed by atoms with Crippen LogP contribution in [0.4, 0.5) is 0 Å². The molecule has 2 aromatic heterocycles. The van der Waals surface area contributed by atoms with E-state index in [1.807, 2.05) is 49.9 Å². The predicted octanol–water partition coefficient (Wildman–Crippen LogP) is 4.35. The van der Waals surface area contributed by atoms with E-state index >= 15 is 0 Å². The lowest BCUT2D eigenvalue weighted by atomic mass is 10.0. The van der Waals surface area contributed by atoms with Crippen LogP contribution >= 0.6 is 0 Å². The Bertz CT molecular complexity index is 993. The number of rotatable bonds is 5. The zero-order valence-electron chi connectivity index (χ0n) is 17.2. The van der Waals surface area contributed by atoms with E-state index in [9.17, 15) is 4.79 Å². The van der Waals surface area contributed by atoms with Crippen molar-refractivity contribution in [2.24, 2.45) is 0 Å². The summed E-state index contributed by atoms with van der Waals surface area (Å²) in [5.41, 5.74) is 4.63. The fourth-order valence-electron chi connectivity index (χ4n) is 4.15. The molecule has 0 aliphatic carbocycles. The summed E-state index contributed by atoms with van der Waals surface area (Å²) in [6, 6.07) is 12.1. The molecule has 3 aromatic rings. The Kier molecular flexibility index (Phi) is 5.43. The zero-order valence-corrected chi connectivity index (χ0v) is 17.2. The van der Waals surface area contributed by atoms with E-state index < -0.39 is 0 Å². The Morgan fingerprint density at radius 1 is 1.17 bits per heavy atom. The van der Waals surface area contributed by atoms with Gasteiger partial charge >= 0.3 is 0 Å². The van der Waals surface area contributed by atoms with E-state index in [1.54, 1.807) is 0 Å². The first-order valence-corrected chi connectivity index (χ1v) is 10.1. The molecule has 1 aromatic carbocycles. The molecule has 6 nitrogen and oxygen atoms in total. The van der Waals surface area contributed by atoms with Crippen LogP contribution in [0.3, 0.4) is 0 Å². The standard InChI is InChI=1S/C23H26N4O2/c1-15-23(16(2)29-26-15)20-14-19(24-17(3)25-20)21-10-7-13-27(21)22(28)12-11-18-8-5-4-6-9-18/h4-6,8-9,14,21H,7,10-13H2,1-3H3/t21-/m1/s1. The van der Waals surface area contributed by atoms with Gasteiger partial charge in [0.2, 0.25) is 5.91 Å². The van der Waals surface area contributed by atoms with Gasteiger partial charge in [0, 0.05) is 13.0 Å². The van der Waals surface area contributed by atoms with Gasteiger partial charge in [-0.05, 0) is 51.7 Å². The van der Waals surface area contributed by atoms with Gasteiger partial charge in [0.25, 0.3) is 0 Å². The summed E-state index contributed by atoms with van der Waals surface area (Å²) >= 11 is 0. The van der Waals surface area contributed by atoms with Crippen LogP contribution in [-0.4, -0.2) is 32.5 Å². The molecule has 0 saturated carbocycles. The highest BCUT2D eigenvalue weighted by atomic mass is 16.5. The van der Waals surface area contributed by atoms with E-state index in [0.29, 0.717) is 12.2 Å². The molecule has 1 atom stereocenters. The second kappa shape index (κ2) is 8.15. The number of likely N-dealkylation sites (tertiary alicyclic amines) is 1. The van der Waals surface area contributed by atoms with Crippen molar-refractivity contribution in [2.45, 2.75) is 52.5 Å². The SMILES string of the molecule is Cc1nc(-c2c(C)noc2C)cc([C@H]2CCCN2C(=O)CCc2ccccc2)n1. The number of hydrogen-bond donors (Lipinski definition) is 0. The molecular weight excluding hydrogens is 364 g/mol. The van der Waals surface area contributed by atoms with Crippen molar-refractivity contribution in [1.82, 2.24) is 20.0 Å². The number of benzene rings is 1. The molecule has 0 radical (unpaired) electrons. The van der Waals surface area contributed by atoms with E-state index in [4.69, 9.17) is 4.52 Å². The summed E-state index contributed by atoms with van der Waals surface area (Å²) < 4.78 is 5.31. The van der Waals surface area contributed by atoms with Gasteiger partial charge < -0.3 is 9.42 Å². The molecule has 0 N–H and O–H groups in total. The summed E-state index contributed by atoms with van der Waals surface area (Å²) in [4.78, 5) is 24.2. The van der Waals surface area contributed by atoms with Gasteiger partial charge in [-0.25, -0.2) is 9.97 Å². The minimum atomic E-state index is -0.000745. The maximum Gasteiger partial charge on any atom is 0.223 e. The van der Waals surface area contributed by atoms with Gasteiger partial charge in [-0.1, -0.05) is 35.5 Å². The molecule has 150 valence electrons. The number of carbonyl (C=O) groups excluding carboxylic acids is 1. The lowest BCUT2D eigenvalue weighted by Crippen LogP contribution is -2.31. The van der Waals surface area contributed by atoms with E-state index in [-0.39, 0.29) is 11.9 Å². The molecule has 1 aliphatic heterocycles. The summed E-state index contributed by atoms with van der Waals surface area (Å²) in [5, 5.41) is 4.05. The number of amides is 1. The first kappa shape index (κ1) is 19.3. The Morgan fingerprint density at radius 3 is 2.69 bits per heavy atom. The van der Waals surface area contributed by atoms with Crippen LogP contribution in [0.5, 0.6) is 0 Å². The van der Waals surface area contributed by atoms with Crippen LogP contribution in [-0.2, 0) is 11.2 Å². The maximum atomic E-state index is 13.0. The quantitative estimate of drug-likeness (QED) is 0.647. The molecule has 4 rings (SSSR count). The average molecular weight is 390 g/mol. The van der Waals surface area contributed by atoms with Crippen LogP contribution in [0.15, 0.2) is 40.9 Å². The normalized spacial score (nSPS) is 16.4. The van der Waals surface area contributed by atoms with Gasteiger partial charge in [0.05, 0.1) is 28.7 Å². The topological polar surface area (TPSA) is 72.1 Å². The number of nitrogens with zero attached hydrogens (tertiary/aromatic N) is 4. The van der Waals surface area contributed by atoms with Crippen molar-refractivity contribution >= 4 is 5.91 Å². The first-order chi connectivity index (χ1) is 14.0. The molecule has 3 heterocycles. The minimum absolute atomic E-state index is 0.000745. The van der Waals surface area contributed by atoms with Crippen molar-refractivity contribution in [2.75, 3.05) is 6.54 Å². The van der Waals surface area contributed by atoms with Crippen LogP contribution in [0.1, 0.15) is 53.8 Å². The van der Waals surface area contributed by atoms with E-state index in [2.05, 4.69) is 27.3 Å². The monoisotopic (exact) mass is 390 g/mol. The van der Waals surface area contributed by atoms with Crippen LogP contribution in [0.25, 0.3) is 11.3 Å². The van der Waals surface area contributed by atoms with Gasteiger partial charge in [-0.2, -0.15) is 0 Å². The van der Waals surface area contributed by atoms with Crippen molar-refractivity contribution in [3.05, 3.63) is 64.9 Å². The van der Waals surface area contributed by atoms with Gasteiger partial charge in [-0.15, -0.1) is 0 Å². The van der Waals surface area contributed by atoms with Gasteiger partial charge in [0.1, 0.15) is 11.6 Å². The molecule has 0 bridgehead atoms. The lowest BCUT2D eigenvalue weighted by molar-refractivity contribution is -0.132. The molecule has 0 unspecified atom stereocenters. The highest BCUT2D eigenvalue weighted by Crippen LogP contribution is 2.34. The van der Waals surface area contributed by atoms with Gasteiger partial charge in [-0.3, -0.25) is 4.79 Å². The summed E-state index contributed by atoms with van der Waals surface area (Å²) in [7, 11) is 0. The summed E-state index contributed by atoms with van der Waals surface area (Å²) in [6.07, 6.45) is 3.19. The molecule has 29 heavy (non-hydrogen) atoms. The number of hydrogen-bond acceptors (Lipinski definition) is 5. The summed E-state index contributed by atoms with van der Waals surface area (Å²) in [6.45, 7) is 6.48. The Balaban J connectivity index is 1.56. The van der Waals surface area contributed by atoms with Crippen LogP contribution in [0, 0.1) is 20.8 Å². The second-order valence-corrected chi connectivity index (χ2v) is 7.66. The fraction of sp³-hybridized carbons (Fsp3) is 0.391. The van der Waals surface area contributed by atoms with Crippen molar-refractivity contribution in [3.8, 4) is 11.3 Å². The molecular formula is C23H26N4O2. The zero-order chi connectivity index (χ0) is 20.4. The Morgan fingerprint density at radius 2 is 1.97 bits per heavy atom. The molecule has 1 aliphatic rings. The largest absolute Gasteiger partial charge is 0.361 e. The third kappa shape index (κ3) is 4.06. The number of carbonyl (C=O) groups is 1. The second-order valence-electron chi connectivity index (χ2n) is 7.66. The lowest BCUT2D eigenvalue weighted by Gasteiger charge is -2.25. The Hall–Kier alpha value is -3.02. The van der Waals surface area contributed by atoms with Crippen LogP contribution in [0.2, 0.25) is 0 Å². The van der Waals surface area contributed by atoms with Crippen molar-refractivity contribution in [3.63, 3.8) is 0 Å². The molecule has 1 fully saturated rings. The molecule has 1 amide bonds. The van der Waals surface area contributed by atoms with Crippen molar-refractivity contribution in [1.29, 1.82) is 0 Å². The average Bonchev–Trinajstić information content (AvgIpc) is 3.33. The smallest absolute Gasteiger partial charge is 0.223 e. The molecule has 1 saturated heterocycles. The third-order valence-electron chi connectivity index (χ3n) is 5.53. The number of aromatic nitrogens is 3. The summed E-state index contributed by atoms with van der Waals surface area (Å²) in [5.74, 6) is 1.63. The fourth-order valence-corrected chi connectivity index (χ4v) is 4.15. The highest BCUT2D eigenvalue weighted by molar-refractivity contribution is 5.77. The first-order valence-electron chi connectivity index (χ1n) is 10.1. The maximum absolute atomic E-state index is 13.0. The van der Waals surface area contributed by atoms with Crippen molar-refractivity contribution < 1.29 is 9.32 Å². The number of aryl methyl sites for hydroxylation is 4. The Labute approximate surface area is 171 Å². The van der Waals surface area contributed by atoms with E-state index in [1.165, 1.54) is 5.56 Å². The third-order valence-corrected chi connectivity index (χ3v) is 5.53. The van der Waals surface area contributed by atoms with E-state index in [0.717, 1.165) is 54.2 Å². The molecule has 6 heteroatoms. The highest BCUT2D eigenvalue weighted by Gasteiger charge is 2.31. The van der Waals surface area contributed by atoms with Crippen LogP contribution < -0.4 is 0 Å². The minimum Gasteiger partial charge on any atom is -0.361 e. The van der Waals surface area contributed by atoms with Gasteiger partial charge in [0.15, 0.2) is 0 Å².